The fraction of sp³-hybridized carbons (Fsp3) is 0.118. The molecule has 0 aliphatic rings. The predicted molar refractivity (Wildman–Crippen MR) is 95.8 cm³/mol. The van der Waals surface area contributed by atoms with Crippen molar-refractivity contribution in [3.05, 3.63) is 79.6 Å². The van der Waals surface area contributed by atoms with Crippen molar-refractivity contribution in [2.24, 2.45) is 0 Å². The molecule has 3 aromatic rings. The summed E-state index contributed by atoms with van der Waals surface area (Å²) in [6, 6.07) is 12.3. The summed E-state index contributed by atoms with van der Waals surface area (Å²) in [6.07, 6.45) is 1.69. The van der Waals surface area contributed by atoms with Crippen molar-refractivity contribution in [1.82, 2.24) is 9.78 Å². The van der Waals surface area contributed by atoms with E-state index in [0.717, 1.165) is 11.1 Å². The summed E-state index contributed by atoms with van der Waals surface area (Å²) in [5.74, 6) is 0. The highest BCUT2D eigenvalue weighted by Gasteiger charge is 2.15. The van der Waals surface area contributed by atoms with Gasteiger partial charge < -0.3 is 5.10 Å². The third-order valence-corrected chi connectivity index (χ3v) is 4.76. The molecule has 0 aliphatic carbocycles. The standard InChI is InChI=1S/C17H13Cl3N2O/c1-10(12-4-7-15(19)16(20)8-12)22-17(23)14(9-21-22)11-2-5-13(18)6-3-11/h2-10,21H,1H3. The number of hydrogen-bond acceptors (Lipinski definition) is 1. The lowest BCUT2D eigenvalue weighted by molar-refractivity contribution is 0.548. The quantitative estimate of drug-likeness (QED) is 0.660. The van der Waals surface area contributed by atoms with Gasteiger partial charge in [0.25, 0.3) is 5.56 Å². The molecule has 0 spiro atoms. The molecule has 1 atom stereocenters. The molecule has 0 saturated carbocycles. The van der Waals surface area contributed by atoms with Crippen LogP contribution in [0.15, 0.2) is 53.5 Å². The molecule has 0 amide bonds. The lowest BCUT2D eigenvalue weighted by atomic mass is 10.1. The van der Waals surface area contributed by atoms with Gasteiger partial charge >= 0.3 is 0 Å². The first-order valence-corrected chi connectivity index (χ1v) is 8.11. The molecule has 1 heterocycles. The van der Waals surface area contributed by atoms with Gasteiger partial charge in [0.15, 0.2) is 0 Å². The van der Waals surface area contributed by atoms with Crippen molar-refractivity contribution < 1.29 is 0 Å². The molecule has 0 radical (unpaired) electrons. The number of rotatable bonds is 3. The number of H-pyrrole nitrogens is 1. The maximum atomic E-state index is 12.7. The number of hydrogen-bond donors (Lipinski definition) is 1. The zero-order valence-electron chi connectivity index (χ0n) is 12.2. The summed E-state index contributed by atoms with van der Waals surface area (Å²) in [6.45, 7) is 1.92. The smallest absolute Gasteiger partial charge is 0.274 e. The Balaban J connectivity index is 1.99. The molecular formula is C17H13Cl3N2O. The summed E-state index contributed by atoms with van der Waals surface area (Å²) in [4.78, 5) is 12.7. The monoisotopic (exact) mass is 366 g/mol. The number of nitrogens with one attached hydrogen (secondary N) is 1. The van der Waals surface area contributed by atoms with E-state index in [0.29, 0.717) is 20.6 Å². The van der Waals surface area contributed by atoms with Crippen molar-refractivity contribution in [2.75, 3.05) is 0 Å². The third kappa shape index (κ3) is 3.18. The van der Waals surface area contributed by atoms with Gasteiger partial charge in [-0.3, -0.25) is 4.79 Å². The minimum atomic E-state index is -0.196. The molecule has 0 fully saturated rings. The van der Waals surface area contributed by atoms with Crippen LogP contribution in [0, 0.1) is 0 Å². The van der Waals surface area contributed by atoms with Crippen LogP contribution in [-0.4, -0.2) is 9.78 Å². The van der Waals surface area contributed by atoms with Crippen molar-refractivity contribution >= 4 is 34.8 Å². The molecule has 118 valence electrons. The van der Waals surface area contributed by atoms with Crippen molar-refractivity contribution in [3.8, 4) is 11.1 Å². The Hall–Kier alpha value is -1.68. The zero-order valence-corrected chi connectivity index (χ0v) is 14.5. The highest BCUT2D eigenvalue weighted by atomic mass is 35.5. The molecule has 0 aliphatic heterocycles. The molecule has 2 aromatic carbocycles. The number of halogens is 3. The van der Waals surface area contributed by atoms with E-state index in [1.807, 2.05) is 25.1 Å². The second-order valence-corrected chi connectivity index (χ2v) is 6.47. The van der Waals surface area contributed by atoms with E-state index in [4.69, 9.17) is 34.8 Å². The Morgan fingerprint density at radius 2 is 1.70 bits per heavy atom. The van der Waals surface area contributed by atoms with Crippen LogP contribution in [0.3, 0.4) is 0 Å². The van der Waals surface area contributed by atoms with Gasteiger partial charge in [0, 0.05) is 11.2 Å². The predicted octanol–water partition coefficient (Wildman–Crippen LogP) is 5.41. The van der Waals surface area contributed by atoms with Crippen LogP contribution in [0.25, 0.3) is 11.1 Å². The average molecular weight is 368 g/mol. The number of nitrogens with zero attached hydrogens (tertiary/aromatic N) is 1. The van der Waals surface area contributed by atoms with Crippen LogP contribution in [0.5, 0.6) is 0 Å². The Labute approximate surface area is 148 Å². The molecule has 1 N–H and O–H groups in total. The Morgan fingerprint density at radius 3 is 2.35 bits per heavy atom. The van der Waals surface area contributed by atoms with Gasteiger partial charge in [0.1, 0.15) is 0 Å². The van der Waals surface area contributed by atoms with E-state index in [-0.39, 0.29) is 11.6 Å². The maximum Gasteiger partial charge on any atom is 0.274 e. The molecule has 0 saturated heterocycles. The SMILES string of the molecule is CC(c1ccc(Cl)c(Cl)c1)n1[nH]cc(-c2ccc(Cl)cc2)c1=O. The third-order valence-electron chi connectivity index (χ3n) is 3.77. The van der Waals surface area contributed by atoms with Crippen molar-refractivity contribution in [1.29, 1.82) is 0 Å². The van der Waals surface area contributed by atoms with Crippen LogP contribution < -0.4 is 5.56 Å². The van der Waals surface area contributed by atoms with Crippen LogP contribution in [-0.2, 0) is 0 Å². The van der Waals surface area contributed by atoms with E-state index < -0.39 is 0 Å². The Morgan fingerprint density at radius 1 is 1.00 bits per heavy atom. The highest BCUT2D eigenvalue weighted by Crippen LogP contribution is 2.27. The first-order valence-electron chi connectivity index (χ1n) is 6.98. The fourth-order valence-electron chi connectivity index (χ4n) is 2.43. The number of benzene rings is 2. The van der Waals surface area contributed by atoms with Gasteiger partial charge in [-0.2, -0.15) is 0 Å². The summed E-state index contributed by atoms with van der Waals surface area (Å²) >= 11 is 17.9. The largest absolute Gasteiger partial charge is 0.302 e. The Bertz CT molecular complexity index is 897. The van der Waals surface area contributed by atoms with E-state index in [2.05, 4.69) is 5.10 Å². The van der Waals surface area contributed by atoms with Gasteiger partial charge in [-0.1, -0.05) is 53.0 Å². The molecule has 3 nitrogen and oxygen atoms in total. The van der Waals surface area contributed by atoms with Gasteiger partial charge in [0.05, 0.1) is 21.7 Å². The van der Waals surface area contributed by atoms with Crippen LogP contribution in [0.2, 0.25) is 15.1 Å². The summed E-state index contributed by atoms with van der Waals surface area (Å²) in [5.41, 5.74) is 2.20. The van der Waals surface area contributed by atoms with Gasteiger partial charge in [-0.15, -0.1) is 0 Å². The summed E-state index contributed by atoms with van der Waals surface area (Å²) in [7, 11) is 0. The fourth-order valence-corrected chi connectivity index (χ4v) is 2.86. The van der Waals surface area contributed by atoms with Crippen LogP contribution in [0.4, 0.5) is 0 Å². The van der Waals surface area contributed by atoms with Crippen LogP contribution >= 0.6 is 34.8 Å². The van der Waals surface area contributed by atoms with Crippen LogP contribution in [0.1, 0.15) is 18.5 Å². The normalized spacial score (nSPS) is 12.3. The second-order valence-electron chi connectivity index (χ2n) is 5.22. The molecule has 3 rings (SSSR count). The second kappa shape index (κ2) is 6.44. The summed E-state index contributed by atoms with van der Waals surface area (Å²) in [5, 5.41) is 4.60. The first kappa shape index (κ1) is 16.2. The maximum absolute atomic E-state index is 12.7. The van der Waals surface area contributed by atoms with E-state index in [1.165, 1.54) is 0 Å². The zero-order chi connectivity index (χ0) is 16.6. The number of aromatic amines is 1. The minimum Gasteiger partial charge on any atom is -0.302 e. The summed E-state index contributed by atoms with van der Waals surface area (Å²) < 4.78 is 1.56. The van der Waals surface area contributed by atoms with Crippen molar-refractivity contribution in [2.45, 2.75) is 13.0 Å². The molecule has 1 unspecified atom stereocenters. The van der Waals surface area contributed by atoms with E-state index >= 15 is 0 Å². The topological polar surface area (TPSA) is 37.8 Å². The minimum absolute atomic E-state index is 0.106. The lowest BCUT2D eigenvalue weighted by Gasteiger charge is -2.13. The average Bonchev–Trinajstić information content (AvgIpc) is 2.92. The van der Waals surface area contributed by atoms with Gasteiger partial charge in [-0.05, 0) is 42.3 Å². The molecular weight excluding hydrogens is 355 g/mol. The lowest BCUT2D eigenvalue weighted by Crippen LogP contribution is -2.22. The van der Waals surface area contributed by atoms with Gasteiger partial charge in [0.2, 0.25) is 0 Å². The Kier molecular flexibility index (Phi) is 4.53. The van der Waals surface area contributed by atoms with E-state index in [1.54, 1.807) is 35.1 Å². The van der Waals surface area contributed by atoms with E-state index in [9.17, 15) is 4.79 Å². The van der Waals surface area contributed by atoms with Gasteiger partial charge in [-0.25, -0.2) is 4.68 Å². The molecule has 23 heavy (non-hydrogen) atoms. The molecule has 1 aromatic heterocycles. The first-order chi connectivity index (χ1) is 11.0. The molecule has 0 bridgehead atoms. The number of aromatic nitrogens is 2. The molecule has 6 heteroatoms. The van der Waals surface area contributed by atoms with Crippen molar-refractivity contribution in [3.63, 3.8) is 0 Å². The highest BCUT2D eigenvalue weighted by molar-refractivity contribution is 6.42.